The Hall–Kier alpha value is -1.68. The van der Waals surface area contributed by atoms with Gasteiger partial charge < -0.3 is 4.74 Å². The molecule has 0 spiro atoms. The Morgan fingerprint density at radius 3 is 2.52 bits per heavy atom. The van der Waals surface area contributed by atoms with Crippen molar-refractivity contribution in [2.24, 2.45) is 0 Å². The molecule has 0 aliphatic rings. The lowest BCUT2D eigenvalue weighted by Gasteiger charge is -2.15. The van der Waals surface area contributed by atoms with E-state index < -0.39 is 11.9 Å². The number of carbonyl (C=O) groups excluding carboxylic acids is 1. The number of rotatable bonds is 4. The van der Waals surface area contributed by atoms with Crippen LogP contribution in [-0.2, 0) is 0 Å². The molecule has 0 fully saturated rings. The van der Waals surface area contributed by atoms with E-state index in [0.29, 0.717) is 10.0 Å². The molecule has 2 rings (SSSR count). The quantitative estimate of drug-likeness (QED) is 0.736. The predicted octanol–water partition coefficient (Wildman–Crippen LogP) is 4.86. The van der Waals surface area contributed by atoms with Crippen molar-refractivity contribution in [3.05, 3.63) is 63.4 Å². The first kappa shape index (κ1) is 15.7. The summed E-state index contributed by atoms with van der Waals surface area (Å²) in [6, 6.07) is 9.88. The van der Waals surface area contributed by atoms with Crippen molar-refractivity contribution in [1.29, 1.82) is 0 Å². The molecule has 2 nitrogen and oxygen atoms in total. The lowest BCUT2D eigenvalue weighted by atomic mass is 10.0. The molecule has 0 saturated carbocycles. The second-order valence-electron chi connectivity index (χ2n) is 5.00. The number of halogens is 2. The van der Waals surface area contributed by atoms with Crippen molar-refractivity contribution >= 4 is 21.7 Å². The Morgan fingerprint density at radius 2 is 1.86 bits per heavy atom. The van der Waals surface area contributed by atoms with E-state index in [1.165, 1.54) is 12.1 Å². The Labute approximate surface area is 132 Å². The fraction of sp³-hybridized carbons (Fsp3) is 0.235. The molecule has 21 heavy (non-hydrogen) atoms. The van der Waals surface area contributed by atoms with E-state index in [9.17, 15) is 9.18 Å². The molecule has 110 valence electrons. The zero-order valence-corrected chi connectivity index (χ0v) is 13.7. The van der Waals surface area contributed by atoms with Gasteiger partial charge in [-0.2, -0.15) is 0 Å². The Balaban J connectivity index is 2.19. The van der Waals surface area contributed by atoms with Gasteiger partial charge in [0, 0.05) is 10.0 Å². The van der Waals surface area contributed by atoms with Gasteiger partial charge in [-0.05, 0) is 56.2 Å². The fourth-order valence-electron chi connectivity index (χ4n) is 1.94. The van der Waals surface area contributed by atoms with Gasteiger partial charge in [-0.3, -0.25) is 4.79 Å². The van der Waals surface area contributed by atoms with E-state index in [1.54, 1.807) is 19.1 Å². The van der Waals surface area contributed by atoms with Gasteiger partial charge >= 0.3 is 0 Å². The zero-order valence-electron chi connectivity index (χ0n) is 12.1. The lowest BCUT2D eigenvalue weighted by molar-refractivity contribution is 0.0812. The van der Waals surface area contributed by atoms with Crippen molar-refractivity contribution in [1.82, 2.24) is 0 Å². The van der Waals surface area contributed by atoms with Gasteiger partial charge in [0.2, 0.25) is 5.78 Å². The third kappa shape index (κ3) is 3.70. The molecule has 0 radical (unpaired) electrons. The smallest absolute Gasteiger partial charge is 0.203 e. The van der Waals surface area contributed by atoms with E-state index in [1.807, 2.05) is 26.0 Å². The first-order chi connectivity index (χ1) is 9.88. The molecule has 1 atom stereocenters. The molecule has 0 bridgehead atoms. The molecular weight excluding hydrogens is 335 g/mol. The van der Waals surface area contributed by atoms with Gasteiger partial charge in [0.25, 0.3) is 0 Å². The van der Waals surface area contributed by atoms with Crippen LogP contribution in [0, 0.1) is 19.7 Å². The molecule has 0 amide bonds. The van der Waals surface area contributed by atoms with Gasteiger partial charge in [0.15, 0.2) is 17.7 Å². The number of ketones is 1. The van der Waals surface area contributed by atoms with Crippen LogP contribution in [-0.4, -0.2) is 11.9 Å². The average Bonchev–Trinajstić information content (AvgIpc) is 2.45. The third-order valence-corrected chi connectivity index (χ3v) is 3.85. The third-order valence-electron chi connectivity index (χ3n) is 3.36. The number of benzene rings is 2. The van der Waals surface area contributed by atoms with E-state index in [4.69, 9.17) is 4.74 Å². The van der Waals surface area contributed by atoms with Crippen LogP contribution in [0.15, 0.2) is 40.9 Å². The predicted molar refractivity (Wildman–Crippen MR) is 84.4 cm³/mol. The van der Waals surface area contributed by atoms with Crippen LogP contribution in [0.2, 0.25) is 0 Å². The largest absolute Gasteiger partial charge is 0.479 e. The number of ether oxygens (including phenoxy) is 1. The van der Waals surface area contributed by atoms with Crippen LogP contribution in [0.5, 0.6) is 5.75 Å². The highest BCUT2D eigenvalue weighted by atomic mass is 79.9. The summed E-state index contributed by atoms with van der Waals surface area (Å²) in [5.41, 5.74) is 2.74. The monoisotopic (exact) mass is 350 g/mol. The molecule has 0 aromatic heterocycles. The summed E-state index contributed by atoms with van der Waals surface area (Å²) < 4.78 is 19.8. The summed E-state index contributed by atoms with van der Waals surface area (Å²) >= 11 is 3.25. The van der Waals surface area contributed by atoms with Crippen molar-refractivity contribution in [3.63, 3.8) is 0 Å². The molecule has 2 aromatic rings. The summed E-state index contributed by atoms with van der Waals surface area (Å²) in [5, 5.41) is 0. The molecule has 1 unspecified atom stereocenters. The number of Topliss-reactive ketones (excluding diaryl/α,β-unsaturated/α-hetero) is 1. The van der Waals surface area contributed by atoms with Crippen molar-refractivity contribution in [3.8, 4) is 5.75 Å². The summed E-state index contributed by atoms with van der Waals surface area (Å²) in [6.45, 7) is 5.56. The SMILES string of the molecule is Cc1ccc(C(=O)C(C)Oc2cc(Br)ccc2F)cc1C. The van der Waals surface area contributed by atoms with Gasteiger partial charge in [0.05, 0.1) is 0 Å². The van der Waals surface area contributed by atoms with E-state index >= 15 is 0 Å². The van der Waals surface area contributed by atoms with Crippen molar-refractivity contribution in [2.45, 2.75) is 26.9 Å². The van der Waals surface area contributed by atoms with Crippen LogP contribution in [0.25, 0.3) is 0 Å². The van der Waals surface area contributed by atoms with Gasteiger partial charge in [-0.25, -0.2) is 4.39 Å². The normalized spacial score (nSPS) is 12.0. The highest BCUT2D eigenvalue weighted by molar-refractivity contribution is 9.10. The van der Waals surface area contributed by atoms with E-state index in [-0.39, 0.29) is 11.5 Å². The van der Waals surface area contributed by atoms with Crippen LogP contribution in [0.4, 0.5) is 4.39 Å². The Kier molecular flexibility index (Phi) is 4.78. The minimum Gasteiger partial charge on any atom is -0.479 e. The maximum absolute atomic E-state index is 13.7. The lowest BCUT2D eigenvalue weighted by Crippen LogP contribution is -2.24. The van der Waals surface area contributed by atoms with Crippen LogP contribution in [0.3, 0.4) is 0 Å². The highest BCUT2D eigenvalue weighted by Gasteiger charge is 2.19. The Morgan fingerprint density at radius 1 is 1.14 bits per heavy atom. The number of hydrogen-bond acceptors (Lipinski definition) is 2. The topological polar surface area (TPSA) is 26.3 Å². The van der Waals surface area contributed by atoms with E-state index in [0.717, 1.165) is 11.1 Å². The molecule has 2 aromatic carbocycles. The highest BCUT2D eigenvalue weighted by Crippen LogP contribution is 2.24. The molecular formula is C17H16BrFO2. The standard InChI is InChI=1S/C17H16BrFO2/c1-10-4-5-13(8-11(10)2)17(20)12(3)21-16-9-14(18)6-7-15(16)19/h4-9,12H,1-3H3. The molecule has 4 heteroatoms. The average molecular weight is 351 g/mol. The summed E-state index contributed by atoms with van der Waals surface area (Å²) in [7, 11) is 0. The van der Waals surface area contributed by atoms with E-state index in [2.05, 4.69) is 15.9 Å². The van der Waals surface area contributed by atoms with Gasteiger partial charge in [-0.1, -0.05) is 28.1 Å². The Bertz CT molecular complexity index is 682. The maximum Gasteiger partial charge on any atom is 0.203 e. The molecule has 0 N–H and O–H groups in total. The number of aryl methyl sites for hydroxylation is 2. The van der Waals surface area contributed by atoms with Crippen LogP contribution in [0.1, 0.15) is 28.4 Å². The second-order valence-corrected chi connectivity index (χ2v) is 5.91. The molecule has 0 aliphatic carbocycles. The zero-order chi connectivity index (χ0) is 15.6. The number of carbonyl (C=O) groups is 1. The van der Waals surface area contributed by atoms with Crippen LogP contribution < -0.4 is 4.74 Å². The molecule has 0 saturated heterocycles. The minimum absolute atomic E-state index is 0.0639. The first-order valence-corrected chi connectivity index (χ1v) is 7.41. The first-order valence-electron chi connectivity index (χ1n) is 6.61. The minimum atomic E-state index is -0.754. The van der Waals surface area contributed by atoms with Crippen molar-refractivity contribution in [2.75, 3.05) is 0 Å². The van der Waals surface area contributed by atoms with Crippen molar-refractivity contribution < 1.29 is 13.9 Å². The van der Waals surface area contributed by atoms with Crippen LogP contribution >= 0.6 is 15.9 Å². The summed E-state index contributed by atoms with van der Waals surface area (Å²) in [6.07, 6.45) is -0.754. The fourth-order valence-corrected chi connectivity index (χ4v) is 2.28. The molecule has 0 heterocycles. The van der Waals surface area contributed by atoms with Gasteiger partial charge in [-0.15, -0.1) is 0 Å². The number of hydrogen-bond donors (Lipinski definition) is 0. The summed E-state index contributed by atoms with van der Waals surface area (Å²) in [5.74, 6) is -0.593. The maximum atomic E-state index is 13.7. The summed E-state index contributed by atoms with van der Waals surface area (Å²) in [4.78, 5) is 12.3. The van der Waals surface area contributed by atoms with Gasteiger partial charge in [0.1, 0.15) is 0 Å². The molecule has 0 aliphatic heterocycles. The second kappa shape index (κ2) is 6.39.